The first-order chi connectivity index (χ1) is 17.7. The van der Waals surface area contributed by atoms with E-state index >= 15 is 0 Å². The van der Waals surface area contributed by atoms with Crippen molar-refractivity contribution in [1.29, 1.82) is 0 Å². The van der Waals surface area contributed by atoms with Crippen LogP contribution in [-0.2, 0) is 0 Å². The van der Waals surface area contributed by atoms with E-state index in [4.69, 9.17) is 4.74 Å². The van der Waals surface area contributed by atoms with Crippen LogP contribution in [0.15, 0.2) is 72.5 Å². The zero-order valence-electron chi connectivity index (χ0n) is 19.1. The fourth-order valence-corrected chi connectivity index (χ4v) is 4.61. The summed E-state index contributed by atoms with van der Waals surface area (Å²) in [7, 11) is 0. The van der Waals surface area contributed by atoms with Crippen molar-refractivity contribution in [2.45, 2.75) is 12.5 Å². The average Bonchev–Trinajstić information content (AvgIpc) is 3.61. The minimum Gasteiger partial charge on any atom is -0.465 e. The predicted molar refractivity (Wildman–Crippen MR) is 136 cm³/mol. The molecule has 2 atom stereocenters. The summed E-state index contributed by atoms with van der Waals surface area (Å²) in [5, 5.41) is 11.2. The Balaban J connectivity index is 1.25. The number of hydrogen-bond acceptors (Lipinski definition) is 9. The SMILES string of the molecule is O=C(Nc1cccc(OC(C(=O)c2ccccn2)C2CCNC2)n1)Nc1csc(-c2ccncc2)n1. The van der Waals surface area contributed by atoms with Crippen LogP contribution in [0.4, 0.5) is 16.4 Å². The number of aromatic nitrogens is 4. The lowest BCUT2D eigenvalue weighted by atomic mass is 9.96. The van der Waals surface area contributed by atoms with Crippen LogP contribution in [0.5, 0.6) is 5.88 Å². The minimum atomic E-state index is -0.743. The smallest absolute Gasteiger partial charge is 0.326 e. The van der Waals surface area contributed by atoms with Crippen molar-refractivity contribution in [3.05, 3.63) is 78.2 Å². The summed E-state index contributed by atoms with van der Waals surface area (Å²) < 4.78 is 6.08. The number of ketones is 1. The van der Waals surface area contributed by atoms with Crippen molar-refractivity contribution in [2.75, 3.05) is 23.7 Å². The van der Waals surface area contributed by atoms with Crippen LogP contribution in [0.3, 0.4) is 0 Å². The van der Waals surface area contributed by atoms with Crippen molar-refractivity contribution in [3.63, 3.8) is 0 Å². The standard InChI is InChI=1S/C25H23N7O3S/c33-22(18-4-1-2-10-28-18)23(17-9-13-27-14-17)35-21-6-3-5-19(29-21)31-25(34)32-20-15-36-24(30-20)16-7-11-26-12-8-16/h1-8,10-12,15,17,23,27H,9,13-14H2,(H2,29,31,32,34). The Morgan fingerprint density at radius 3 is 2.64 bits per heavy atom. The Kier molecular flexibility index (Phi) is 7.20. The molecule has 1 aliphatic heterocycles. The summed E-state index contributed by atoms with van der Waals surface area (Å²) in [4.78, 5) is 42.7. The van der Waals surface area contributed by atoms with Gasteiger partial charge in [-0.15, -0.1) is 11.3 Å². The molecule has 182 valence electrons. The van der Waals surface area contributed by atoms with Crippen LogP contribution in [0.1, 0.15) is 16.9 Å². The molecule has 4 aromatic rings. The number of Topliss-reactive ketones (excluding diaryl/α,β-unsaturated/α-hetero) is 1. The predicted octanol–water partition coefficient (Wildman–Crippen LogP) is 3.88. The Morgan fingerprint density at radius 2 is 1.86 bits per heavy atom. The lowest BCUT2D eigenvalue weighted by molar-refractivity contribution is 0.0677. The third kappa shape index (κ3) is 5.70. The van der Waals surface area contributed by atoms with Crippen molar-refractivity contribution < 1.29 is 14.3 Å². The summed E-state index contributed by atoms with van der Waals surface area (Å²) in [5.41, 5.74) is 1.26. The van der Waals surface area contributed by atoms with Crippen LogP contribution in [-0.4, -0.2) is 50.9 Å². The van der Waals surface area contributed by atoms with Gasteiger partial charge in [-0.25, -0.2) is 9.78 Å². The summed E-state index contributed by atoms with van der Waals surface area (Å²) in [6.45, 7) is 1.48. The molecule has 10 nitrogen and oxygen atoms in total. The first-order valence-electron chi connectivity index (χ1n) is 11.4. The Bertz CT molecular complexity index is 1330. The van der Waals surface area contributed by atoms with Gasteiger partial charge in [0.15, 0.2) is 6.10 Å². The molecule has 0 radical (unpaired) electrons. The molecule has 2 unspecified atom stereocenters. The van der Waals surface area contributed by atoms with Gasteiger partial charge in [0, 0.05) is 48.1 Å². The molecule has 0 aliphatic carbocycles. The van der Waals surface area contributed by atoms with E-state index in [0.717, 1.165) is 23.5 Å². The zero-order chi connectivity index (χ0) is 24.7. The van der Waals surface area contributed by atoms with Crippen molar-refractivity contribution in [1.82, 2.24) is 25.3 Å². The van der Waals surface area contributed by atoms with E-state index in [2.05, 4.69) is 35.9 Å². The fraction of sp³-hybridized carbons (Fsp3) is 0.200. The summed E-state index contributed by atoms with van der Waals surface area (Å²) in [6.07, 6.45) is 5.02. The lowest BCUT2D eigenvalue weighted by Crippen LogP contribution is -2.37. The van der Waals surface area contributed by atoms with Gasteiger partial charge in [-0.1, -0.05) is 12.1 Å². The number of ether oxygens (including phenoxy) is 1. The molecule has 1 aliphatic rings. The van der Waals surface area contributed by atoms with E-state index in [-0.39, 0.29) is 23.4 Å². The molecule has 1 fully saturated rings. The zero-order valence-corrected chi connectivity index (χ0v) is 19.9. The molecule has 0 bridgehead atoms. The molecule has 3 N–H and O–H groups in total. The number of urea groups is 1. The van der Waals surface area contributed by atoms with E-state index in [0.29, 0.717) is 18.1 Å². The summed E-state index contributed by atoms with van der Waals surface area (Å²) in [6, 6.07) is 13.4. The quantitative estimate of drug-likeness (QED) is 0.310. The van der Waals surface area contributed by atoms with Gasteiger partial charge in [0.2, 0.25) is 11.7 Å². The second-order valence-electron chi connectivity index (χ2n) is 8.08. The Hall–Kier alpha value is -4.22. The highest BCUT2D eigenvalue weighted by Crippen LogP contribution is 2.26. The van der Waals surface area contributed by atoms with Crippen molar-refractivity contribution in [2.24, 2.45) is 5.92 Å². The lowest BCUT2D eigenvalue weighted by Gasteiger charge is -2.22. The van der Waals surface area contributed by atoms with Gasteiger partial charge < -0.3 is 10.1 Å². The molecule has 0 saturated carbocycles. The molecule has 5 rings (SSSR count). The van der Waals surface area contributed by atoms with Crippen LogP contribution in [0.2, 0.25) is 0 Å². The van der Waals surface area contributed by atoms with E-state index in [9.17, 15) is 9.59 Å². The van der Waals surface area contributed by atoms with Crippen LogP contribution in [0.25, 0.3) is 10.6 Å². The molecule has 5 heterocycles. The number of thiazole rings is 1. The topological polar surface area (TPSA) is 131 Å². The third-order valence-electron chi connectivity index (χ3n) is 5.59. The van der Waals surface area contributed by atoms with Gasteiger partial charge in [-0.3, -0.25) is 25.4 Å². The number of anilines is 2. The van der Waals surface area contributed by atoms with Crippen LogP contribution < -0.4 is 20.7 Å². The van der Waals surface area contributed by atoms with Crippen molar-refractivity contribution in [3.8, 4) is 16.5 Å². The number of rotatable bonds is 8. The van der Waals surface area contributed by atoms with E-state index < -0.39 is 12.1 Å². The van der Waals surface area contributed by atoms with Crippen molar-refractivity contribution >= 4 is 34.8 Å². The van der Waals surface area contributed by atoms with E-state index in [1.807, 2.05) is 12.1 Å². The molecule has 4 aromatic heterocycles. The fourth-order valence-electron chi connectivity index (χ4n) is 3.86. The summed E-state index contributed by atoms with van der Waals surface area (Å²) >= 11 is 1.41. The molecule has 2 amide bonds. The molecule has 0 spiro atoms. The highest BCUT2D eigenvalue weighted by Gasteiger charge is 2.34. The summed E-state index contributed by atoms with van der Waals surface area (Å²) in [5.74, 6) is 0.730. The molecular formula is C25H23N7O3S. The van der Waals surface area contributed by atoms with Gasteiger partial charge in [0.1, 0.15) is 22.3 Å². The number of hydrogen-bond donors (Lipinski definition) is 3. The Morgan fingerprint density at radius 1 is 1.00 bits per heavy atom. The molecule has 1 saturated heterocycles. The maximum atomic E-state index is 13.2. The van der Waals surface area contributed by atoms with Crippen LogP contribution >= 0.6 is 11.3 Å². The maximum absolute atomic E-state index is 13.2. The number of carbonyl (C=O) groups is 2. The van der Waals surface area contributed by atoms with E-state index in [1.54, 1.807) is 60.4 Å². The average molecular weight is 502 g/mol. The number of carbonyl (C=O) groups excluding carboxylic acids is 2. The second-order valence-corrected chi connectivity index (χ2v) is 8.94. The second kappa shape index (κ2) is 11.0. The highest BCUT2D eigenvalue weighted by molar-refractivity contribution is 7.13. The first kappa shape index (κ1) is 23.5. The van der Waals surface area contributed by atoms with Gasteiger partial charge >= 0.3 is 6.03 Å². The molecule has 11 heteroatoms. The van der Waals surface area contributed by atoms with Crippen LogP contribution in [0, 0.1) is 5.92 Å². The number of amides is 2. The highest BCUT2D eigenvalue weighted by atomic mass is 32.1. The first-order valence-corrected chi connectivity index (χ1v) is 12.3. The van der Waals surface area contributed by atoms with Gasteiger partial charge in [-0.2, -0.15) is 4.98 Å². The number of nitrogens with one attached hydrogen (secondary N) is 3. The molecule has 36 heavy (non-hydrogen) atoms. The van der Waals surface area contributed by atoms with Gasteiger partial charge in [0.05, 0.1) is 0 Å². The third-order valence-corrected chi connectivity index (χ3v) is 6.48. The van der Waals surface area contributed by atoms with Gasteiger partial charge in [0.25, 0.3) is 0 Å². The minimum absolute atomic E-state index is 0.0134. The van der Waals surface area contributed by atoms with E-state index in [1.165, 1.54) is 11.3 Å². The molecule has 0 aromatic carbocycles. The monoisotopic (exact) mass is 501 g/mol. The number of pyridine rings is 3. The molecular weight excluding hydrogens is 478 g/mol. The normalized spacial score (nSPS) is 15.7. The largest absolute Gasteiger partial charge is 0.465 e. The van der Waals surface area contributed by atoms with Gasteiger partial charge in [-0.05, 0) is 43.3 Å². The maximum Gasteiger partial charge on any atom is 0.326 e. The number of nitrogens with zero attached hydrogens (tertiary/aromatic N) is 4. The Labute approximate surface area is 211 Å².